The molecule has 0 fully saturated rings. The van der Waals surface area contributed by atoms with Crippen LogP contribution in [0.1, 0.15) is 4.88 Å². The van der Waals surface area contributed by atoms with Gasteiger partial charge in [-0.25, -0.2) is 4.39 Å². The van der Waals surface area contributed by atoms with Gasteiger partial charge < -0.3 is 10.1 Å². The molecule has 2 aromatic rings. The van der Waals surface area contributed by atoms with Crippen LogP contribution >= 0.6 is 27.5 Å². The van der Waals surface area contributed by atoms with Gasteiger partial charge in [0.15, 0.2) is 0 Å². The van der Waals surface area contributed by atoms with Crippen molar-refractivity contribution in [3.63, 3.8) is 0 Å². The first-order valence-corrected chi connectivity index (χ1v) is 7.25. The topological polar surface area (TPSA) is 47.0 Å². The summed E-state index contributed by atoms with van der Waals surface area (Å²) in [5.74, 6) is -0.285. The lowest BCUT2D eigenvalue weighted by atomic mass is 10.1. The smallest absolute Gasteiger partial charge is 0.137 e. The maximum atomic E-state index is 13.2. The van der Waals surface area contributed by atoms with Gasteiger partial charge in [0.2, 0.25) is 0 Å². The van der Waals surface area contributed by atoms with E-state index in [1.807, 2.05) is 0 Å². The Bertz CT molecular complexity index is 550. The summed E-state index contributed by atoms with van der Waals surface area (Å²) in [4.78, 5) is 1.02. The van der Waals surface area contributed by atoms with Gasteiger partial charge in [0.05, 0.1) is 16.0 Å². The zero-order valence-electron chi connectivity index (χ0n) is 10.3. The minimum Gasteiger partial charge on any atom is -0.383 e. The fraction of sp³-hybridized carbons (Fsp3) is 0.333. The summed E-state index contributed by atoms with van der Waals surface area (Å²) < 4.78 is 22.6. The van der Waals surface area contributed by atoms with Crippen molar-refractivity contribution >= 4 is 27.5 Å². The van der Waals surface area contributed by atoms with Gasteiger partial charge in [0.1, 0.15) is 11.5 Å². The first-order valence-electron chi connectivity index (χ1n) is 5.68. The summed E-state index contributed by atoms with van der Waals surface area (Å²) in [5, 5.41) is 7.35. The van der Waals surface area contributed by atoms with Crippen molar-refractivity contribution in [1.29, 1.82) is 0 Å². The standard InChI is InChI=1S/C12H13BrFN3OS/c1-18-5-4-15-7-11-12(16-17-19-11)8-2-3-10(14)9(13)6-8/h2-3,6,15H,4-5,7H2,1H3. The van der Waals surface area contributed by atoms with E-state index < -0.39 is 0 Å². The second-order valence-corrected chi connectivity index (χ2v) is 5.54. The van der Waals surface area contributed by atoms with Crippen LogP contribution in [-0.4, -0.2) is 29.8 Å². The summed E-state index contributed by atoms with van der Waals surface area (Å²) in [5.41, 5.74) is 1.64. The third-order valence-electron chi connectivity index (χ3n) is 2.52. The number of hydrogen-bond acceptors (Lipinski definition) is 5. The lowest BCUT2D eigenvalue weighted by Crippen LogP contribution is -2.18. The van der Waals surface area contributed by atoms with Crippen molar-refractivity contribution < 1.29 is 9.13 Å². The van der Waals surface area contributed by atoms with E-state index in [4.69, 9.17) is 4.74 Å². The number of ether oxygens (including phenoxy) is 1. The van der Waals surface area contributed by atoms with Gasteiger partial charge in [0, 0.05) is 25.8 Å². The highest BCUT2D eigenvalue weighted by Gasteiger charge is 2.11. The molecule has 1 aromatic heterocycles. The van der Waals surface area contributed by atoms with E-state index in [1.165, 1.54) is 17.6 Å². The van der Waals surface area contributed by atoms with E-state index in [0.29, 0.717) is 17.6 Å². The van der Waals surface area contributed by atoms with Crippen LogP contribution in [0.2, 0.25) is 0 Å². The Balaban J connectivity index is 2.12. The first-order chi connectivity index (χ1) is 9.22. The largest absolute Gasteiger partial charge is 0.383 e. The number of rotatable bonds is 6. The highest BCUT2D eigenvalue weighted by Crippen LogP contribution is 2.27. The van der Waals surface area contributed by atoms with Gasteiger partial charge >= 0.3 is 0 Å². The maximum Gasteiger partial charge on any atom is 0.137 e. The number of nitrogens with one attached hydrogen (secondary N) is 1. The molecule has 19 heavy (non-hydrogen) atoms. The molecule has 102 valence electrons. The van der Waals surface area contributed by atoms with Crippen LogP contribution in [0.15, 0.2) is 22.7 Å². The summed E-state index contributed by atoms with van der Waals surface area (Å²) in [7, 11) is 1.66. The molecule has 0 aliphatic heterocycles. The van der Waals surface area contributed by atoms with Crippen LogP contribution in [0.5, 0.6) is 0 Å². The summed E-state index contributed by atoms with van der Waals surface area (Å²) in [6.45, 7) is 2.09. The van der Waals surface area contributed by atoms with E-state index in [9.17, 15) is 4.39 Å². The van der Waals surface area contributed by atoms with Gasteiger partial charge in [-0.3, -0.25) is 0 Å². The van der Waals surface area contributed by atoms with Crippen LogP contribution < -0.4 is 5.32 Å². The molecule has 0 spiro atoms. The van der Waals surface area contributed by atoms with Crippen LogP contribution in [-0.2, 0) is 11.3 Å². The molecule has 1 heterocycles. The van der Waals surface area contributed by atoms with Crippen LogP contribution in [0.25, 0.3) is 11.3 Å². The number of halogens is 2. The molecule has 0 unspecified atom stereocenters. The highest BCUT2D eigenvalue weighted by atomic mass is 79.9. The average Bonchev–Trinajstić information content (AvgIpc) is 2.86. The van der Waals surface area contributed by atoms with Gasteiger partial charge in [-0.2, -0.15) is 0 Å². The fourth-order valence-corrected chi connectivity index (χ4v) is 2.58. The molecule has 0 atom stereocenters. The van der Waals surface area contributed by atoms with Gasteiger partial charge in [-0.1, -0.05) is 4.49 Å². The van der Waals surface area contributed by atoms with Crippen molar-refractivity contribution in [3.8, 4) is 11.3 Å². The molecule has 0 aliphatic carbocycles. The molecule has 0 radical (unpaired) electrons. The fourth-order valence-electron chi connectivity index (χ4n) is 1.56. The molecule has 0 bridgehead atoms. The van der Waals surface area contributed by atoms with Gasteiger partial charge in [0.25, 0.3) is 0 Å². The second kappa shape index (κ2) is 7.04. The number of nitrogens with zero attached hydrogens (tertiary/aromatic N) is 2. The lowest BCUT2D eigenvalue weighted by Gasteiger charge is -2.04. The molecule has 0 saturated heterocycles. The Morgan fingerprint density at radius 1 is 1.47 bits per heavy atom. The Morgan fingerprint density at radius 3 is 3.05 bits per heavy atom. The Hall–Kier alpha value is -0.890. The molecule has 0 saturated carbocycles. The quantitative estimate of drug-likeness (QED) is 0.817. The molecule has 0 amide bonds. The second-order valence-electron chi connectivity index (χ2n) is 3.84. The van der Waals surface area contributed by atoms with Crippen molar-refractivity contribution in [2.45, 2.75) is 6.54 Å². The summed E-state index contributed by atoms with van der Waals surface area (Å²) in [6.07, 6.45) is 0. The number of aromatic nitrogens is 2. The highest BCUT2D eigenvalue weighted by molar-refractivity contribution is 9.10. The third-order valence-corrected chi connectivity index (χ3v) is 3.85. The lowest BCUT2D eigenvalue weighted by molar-refractivity contribution is 0.199. The van der Waals surface area contributed by atoms with E-state index in [0.717, 1.165) is 22.7 Å². The monoisotopic (exact) mass is 345 g/mol. The third kappa shape index (κ3) is 3.79. The molecule has 1 N–H and O–H groups in total. The van der Waals surface area contributed by atoms with Gasteiger partial charge in [-0.05, 0) is 45.7 Å². The van der Waals surface area contributed by atoms with E-state index >= 15 is 0 Å². The SMILES string of the molecule is COCCNCc1snnc1-c1ccc(F)c(Br)c1. The molecule has 4 nitrogen and oxygen atoms in total. The van der Waals surface area contributed by atoms with Crippen LogP contribution in [0.4, 0.5) is 4.39 Å². The van der Waals surface area contributed by atoms with Crippen molar-refractivity contribution in [2.24, 2.45) is 0 Å². The molecule has 2 rings (SSSR count). The zero-order valence-corrected chi connectivity index (χ0v) is 12.7. The first kappa shape index (κ1) is 14.5. The average molecular weight is 346 g/mol. The minimum atomic E-state index is -0.285. The number of hydrogen-bond donors (Lipinski definition) is 1. The van der Waals surface area contributed by atoms with Crippen LogP contribution in [0.3, 0.4) is 0 Å². The summed E-state index contributed by atoms with van der Waals surface area (Å²) >= 11 is 4.52. The Morgan fingerprint density at radius 2 is 2.32 bits per heavy atom. The van der Waals surface area contributed by atoms with E-state index in [2.05, 4.69) is 30.8 Å². The molecular weight excluding hydrogens is 333 g/mol. The number of methoxy groups -OCH3 is 1. The maximum absolute atomic E-state index is 13.2. The Labute approximate surface area is 123 Å². The predicted octanol–water partition coefficient (Wildman–Crippen LogP) is 2.84. The Kier molecular flexibility index (Phi) is 5.38. The number of benzene rings is 1. The van der Waals surface area contributed by atoms with Crippen molar-refractivity contribution in [2.75, 3.05) is 20.3 Å². The van der Waals surface area contributed by atoms with E-state index in [1.54, 1.807) is 19.2 Å². The molecule has 1 aromatic carbocycles. The summed E-state index contributed by atoms with van der Waals surface area (Å²) in [6, 6.07) is 4.83. The van der Waals surface area contributed by atoms with Gasteiger partial charge in [-0.15, -0.1) is 5.10 Å². The molecule has 7 heteroatoms. The normalized spacial score (nSPS) is 10.9. The van der Waals surface area contributed by atoms with Crippen molar-refractivity contribution in [3.05, 3.63) is 33.4 Å². The molecular formula is C12H13BrFN3OS. The molecule has 0 aliphatic rings. The van der Waals surface area contributed by atoms with E-state index in [-0.39, 0.29) is 5.82 Å². The minimum absolute atomic E-state index is 0.285. The zero-order chi connectivity index (χ0) is 13.7. The predicted molar refractivity (Wildman–Crippen MR) is 76.6 cm³/mol. The van der Waals surface area contributed by atoms with Crippen LogP contribution in [0, 0.1) is 5.82 Å². The van der Waals surface area contributed by atoms with Crippen molar-refractivity contribution in [1.82, 2.24) is 14.9 Å².